The second kappa shape index (κ2) is 4.70. The molecular weight excluding hydrogens is 216 g/mol. The third kappa shape index (κ3) is 2.81. The Labute approximate surface area is 101 Å². The molecule has 1 aromatic heterocycles. The van der Waals surface area contributed by atoms with Crippen molar-refractivity contribution < 1.29 is 0 Å². The molecule has 2 aliphatic rings. The van der Waals surface area contributed by atoms with Crippen LogP contribution in [0, 0.1) is 5.92 Å². The van der Waals surface area contributed by atoms with Gasteiger partial charge in [-0.15, -0.1) is 10.2 Å². The fourth-order valence-corrected chi connectivity index (χ4v) is 2.58. The van der Waals surface area contributed by atoms with Gasteiger partial charge < -0.3 is 10.2 Å². The Morgan fingerprint density at radius 2 is 2.24 bits per heavy atom. The van der Waals surface area contributed by atoms with Crippen molar-refractivity contribution in [3.05, 3.63) is 5.82 Å². The lowest BCUT2D eigenvalue weighted by atomic mass is 10.1. The van der Waals surface area contributed by atoms with Crippen LogP contribution in [0.3, 0.4) is 0 Å². The van der Waals surface area contributed by atoms with Gasteiger partial charge in [-0.2, -0.15) is 4.80 Å². The summed E-state index contributed by atoms with van der Waals surface area (Å²) in [5, 5.41) is 15.4. The highest BCUT2D eigenvalue weighted by Crippen LogP contribution is 2.31. The summed E-state index contributed by atoms with van der Waals surface area (Å²) in [5.41, 5.74) is 0. The van der Waals surface area contributed by atoms with Crippen LogP contribution in [0.2, 0.25) is 0 Å². The Kier molecular flexibility index (Phi) is 3.07. The maximum absolute atomic E-state index is 4.15. The number of tetrazole rings is 1. The van der Waals surface area contributed by atoms with Gasteiger partial charge in [-0.25, -0.2) is 0 Å². The molecule has 1 saturated carbocycles. The van der Waals surface area contributed by atoms with Crippen LogP contribution in [0.4, 0.5) is 0 Å². The van der Waals surface area contributed by atoms with Gasteiger partial charge in [-0.3, -0.25) is 0 Å². The quantitative estimate of drug-likeness (QED) is 0.766. The second-order valence-electron chi connectivity index (χ2n) is 5.21. The molecular formula is C11H20N6. The lowest BCUT2D eigenvalue weighted by Gasteiger charge is -2.14. The zero-order chi connectivity index (χ0) is 11.7. The van der Waals surface area contributed by atoms with E-state index in [0.717, 1.165) is 30.9 Å². The van der Waals surface area contributed by atoms with E-state index in [4.69, 9.17) is 0 Å². The van der Waals surface area contributed by atoms with Crippen LogP contribution in [0.15, 0.2) is 0 Å². The first kappa shape index (κ1) is 11.1. The van der Waals surface area contributed by atoms with E-state index in [1.807, 2.05) is 0 Å². The second-order valence-corrected chi connectivity index (χ2v) is 5.21. The van der Waals surface area contributed by atoms with Gasteiger partial charge in [-0.1, -0.05) is 0 Å². The summed E-state index contributed by atoms with van der Waals surface area (Å²) in [5.74, 6) is 1.58. The number of nitrogens with one attached hydrogen (secondary N) is 1. The number of hydrogen-bond donors (Lipinski definition) is 1. The normalized spacial score (nSPS) is 25.6. The summed E-state index contributed by atoms with van der Waals surface area (Å²) in [6.07, 6.45) is 4.17. The van der Waals surface area contributed by atoms with Crippen LogP contribution in [0.25, 0.3) is 0 Å². The van der Waals surface area contributed by atoms with Gasteiger partial charge in [0, 0.05) is 12.6 Å². The molecule has 1 unspecified atom stereocenters. The molecule has 0 amide bonds. The van der Waals surface area contributed by atoms with Gasteiger partial charge in [0.2, 0.25) is 0 Å². The smallest absolute Gasteiger partial charge is 0.188 e. The molecule has 94 valence electrons. The number of hydrogen-bond acceptors (Lipinski definition) is 5. The van der Waals surface area contributed by atoms with E-state index < -0.39 is 0 Å². The molecule has 6 nitrogen and oxygen atoms in total. The SMILES string of the molecule is Cn1nnc(CNCC2CCN(C3CC3)C2)n1. The number of nitrogens with zero attached hydrogens (tertiary/aromatic N) is 5. The highest BCUT2D eigenvalue weighted by molar-refractivity contribution is 4.90. The van der Waals surface area contributed by atoms with Crippen molar-refractivity contribution in [1.29, 1.82) is 0 Å². The summed E-state index contributed by atoms with van der Waals surface area (Å²) >= 11 is 0. The Balaban J connectivity index is 1.37. The molecule has 3 rings (SSSR count). The summed E-state index contributed by atoms with van der Waals surface area (Å²) in [6.45, 7) is 4.36. The molecule has 2 fully saturated rings. The van der Waals surface area contributed by atoms with Gasteiger partial charge in [0.05, 0.1) is 13.6 Å². The van der Waals surface area contributed by atoms with Gasteiger partial charge in [0.1, 0.15) is 0 Å². The standard InChI is InChI=1S/C11H20N6/c1-16-14-11(13-15-16)7-12-6-9-4-5-17(8-9)10-2-3-10/h9-10,12H,2-8H2,1H3. The average molecular weight is 236 g/mol. The molecule has 17 heavy (non-hydrogen) atoms. The zero-order valence-corrected chi connectivity index (χ0v) is 10.3. The Morgan fingerprint density at radius 1 is 1.35 bits per heavy atom. The lowest BCUT2D eigenvalue weighted by molar-refractivity contribution is 0.311. The molecule has 1 saturated heterocycles. The van der Waals surface area contributed by atoms with Crippen molar-refractivity contribution in [2.75, 3.05) is 19.6 Å². The van der Waals surface area contributed by atoms with E-state index in [1.165, 1.54) is 37.1 Å². The Bertz CT molecular complexity index is 372. The molecule has 0 spiro atoms. The topological polar surface area (TPSA) is 58.9 Å². The number of likely N-dealkylation sites (tertiary alicyclic amines) is 1. The van der Waals surface area contributed by atoms with Gasteiger partial charge >= 0.3 is 0 Å². The molecule has 0 bridgehead atoms. The zero-order valence-electron chi connectivity index (χ0n) is 10.3. The Morgan fingerprint density at radius 3 is 2.94 bits per heavy atom. The van der Waals surface area contributed by atoms with E-state index >= 15 is 0 Å². The molecule has 0 radical (unpaired) electrons. The average Bonchev–Trinajstić information content (AvgIpc) is 2.93. The van der Waals surface area contributed by atoms with Gasteiger partial charge in [0.25, 0.3) is 0 Å². The van der Waals surface area contributed by atoms with Crippen molar-refractivity contribution in [2.24, 2.45) is 13.0 Å². The van der Waals surface area contributed by atoms with E-state index in [2.05, 4.69) is 25.6 Å². The van der Waals surface area contributed by atoms with E-state index in [1.54, 1.807) is 7.05 Å². The van der Waals surface area contributed by atoms with Crippen molar-refractivity contribution in [3.8, 4) is 0 Å². The summed E-state index contributed by atoms with van der Waals surface area (Å²) < 4.78 is 0. The predicted octanol–water partition coefficient (Wildman–Crippen LogP) is -0.216. The van der Waals surface area contributed by atoms with Crippen molar-refractivity contribution in [1.82, 2.24) is 30.4 Å². The molecule has 1 N–H and O–H groups in total. The number of rotatable bonds is 5. The molecule has 1 aliphatic carbocycles. The van der Waals surface area contributed by atoms with Crippen LogP contribution >= 0.6 is 0 Å². The number of aromatic nitrogens is 4. The highest BCUT2D eigenvalue weighted by Gasteiger charge is 2.33. The minimum absolute atomic E-state index is 0.730. The molecule has 1 aliphatic heterocycles. The van der Waals surface area contributed by atoms with Crippen molar-refractivity contribution >= 4 is 0 Å². The fourth-order valence-electron chi connectivity index (χ4n) is 2.58. The van der Waals surface area contributed by atoms with Crippen LogP contribution in [-0.4, -0.2) is 50.8 Å². The van der Waals surface area contributed by atoms with Crippen molar-refractivity contribution in [3.63, 3.8) is 0 Å². The summed E-state index contributed by atoms with van der Waals surface area (Å²) in [4.78, 5) is 4.15. The first-order valence-corrected chi connectivity index (χ1v) is 6.49. The third-order valence-electron chi connectivity index (χ3n) is 3.65. The monoisotopic (exact) mass is 236 g/mol. The predicted molar refractivity (Wildman–Crippen MR) is 63.2 cm³/mol. The van der Waals surface area contributed by atoms with E-state index in [9.17, 15) is 0 Å². The van der Waals surface area contributed by atoms with Gasteiger partial charge in [0.15, 0.2) is 5.82 Å². The third-order valence-corrected chi connectivity index (χ3v) is 3.65. The van der Waals surface area contributed by atoms with Crippen LogP contribution in [0.5, 0.6) is 0 Å². The summed E-state index contributed by atoms with van der Waals surface area (Å²) in [6, 6.07) is 0.918. The van der Waals surface area contributed by atoms with Crippen LogP contribution in [-0.2, 0) is 13.6 Å². The molecule has 0 aromatic carbocycles. The first-order chi connectivity index (χ1) is 8.31. The van der Waals surface area contributed by atoms with Gasteiger partial charge in [-0.05, 0) is 43.5 Å². The van der Waals surface area contributed by atoms with Crippen molar-refractivity contribution in [2.45, 2.75) is 31.8 Å². The van der Waals surface area contributed by atoms with E-state index in [0.29, 0.717) is 0 Å². The molecule has 6 heteroatoms. The Hall–Kier alpha value is -1.01. The maximum atomic E-state index is 4.15. The first-order valence-electron chi connectivity index (χ1n) is 6.49. The fraction of sp³-hybridized carbons (Fsp3) is 0.909. The minimum Gasteiger partial charge on any atom is -0.309 e. The lowest BCUT2D eigenvalue weighted by Crippen LogP contribution is -2.27. The number of aryl methyl sites for hydroxylation is 1. The maximum Gasteiger partial charge on any atom is 0.188 e. The van der Waals surface area contributed by atoms with Crippen LogP contribution < -0.4 is 5.32 Å². The van der Waals surface area contributed by atoms with Crippen LogP contribution in [0.1, 0.15) is 25.1 Å². The molecule has 1 aromatic rings. The molecule has 2 heterocycles. The largest absolute Gasteiger partial charge is 0.309 e. The molecule has 1 atom stereocenters. The highest BCUT2D eigenvalue weighted by atomic mass is 15.6. The summed E-state index contributed by atoms with van der Waals surface area (Å²) in [7, 11) is 1.79. The van der Waals surface area contributed by atoms with E-state index in [-0.39, 0.29) is 0 Å². The minimum atomic E-state index is 0.730.